The summed E-state index contributed by atoms with van der Waals surface area (Å²) in [4.78, 5) is 13.9. The number of nitrogens with one attached hydrogen (secondary N) is 1. The van der Waals surface area contributed by atoms with Crippen molar-refractivity contribution >= 4 is 15.9 Å². The molecule has 0 atom stereocenters. The Hall–Kier alpha value is -1.50. The molecule has 3 rings (SSSR count). The smallest absolute Gasteiger partial charge is 0.317 e. The molecule has 122 valence electrons. The van der Waals surface area contributed by atoms with Crippen molar-refractivity contribution in [2.45, 2.75) is 43.9 Å². The molecule has 1 aliphatic heterocycles. The predicted octanol–water partition coefficient (Wildman–Crippen LogP) is 1.84. The molecule has 6 nitrogen and oxygen atoms in total. The second-order valence-corrected chi connectivity index (χ2v) is 8.78. The number of hydrogen-bond acceptors (Lipinski definition) is 4. The highest BCUT2D eigenvalue weighted by Gasteiger charge is 2.49. The van der Waals surface area contributed by atoms with E-state index in [1.807, 2.05) is 13.0 Å². The number of aryl methyl sites for hydroxylation is 1. The standard InChI is InChI=1S/C15H22N2O4S/c1-12-3-9-21-13(12)11-16-14(18)17-7-6-15(4-2-5-15)22(19,20)10-8-17/h3,9H,2,4-8,10-11H2,1H3,(H,16,18). The van der Waals surface area contributed by atoms with Crippen LogP contribution in [0.15, 0.2) is 16.7 Å². The van der Waals surface area contributed by atoms with Crippen molar-refractivity contribution in [1.29, 1.82) is 0 Å². The molecular formula is C15H22N2O4S. The molecule has 0 radical (unpaired) electrons. The molecule has 0 bridgehead atoms. The third kappa shape index (κ3) is 2.62. The van der Waals surface area contributed by atoms with Crippen LogP contribution < -0.4 is 5.32 Å². The lowest BCUT2D eigenvalue weighted by Crippen LogP contribution is -2.46. The fourth-order valence-corrected chi connectivity index (χ4v) is 5.45. The molecular weight excluding hydrogens is 304 g/mol. The molecule has 0 aromatic carbocycles. The van der Waals surface area contributed by atoms with Crippen LogP contribution in [0, 0.1) is 6.92 Å². The van der Waals surface area contributed by atoms with Gasteiger partial charge in [0.2, 0.25) is 0 Å². The van der Waals surface area contributed by atoms with Gasteiger partial charge in [-0.25, -0.2) is 13.2 Å². The summed E-state index contributed by atoms with van der Waals surface area (Å²) < 4.78 is 29.5. The van der Waals surface area contributed by atoms with Crippen LogP contribution in [0.25, 0.3) is 0 Å². The number of carbonyl (C=O) groups is 1. The Morgan fingerprint density at radius 3 is 2.73 bits per heavy atom. The average molecular weight is 326 g/mol. The molecule has 1 aliphatic carbocycles. The number of nitrogens with zero attached hydrogens (tertiary/aromatic N) is 1. The zero-order valence-corrected chi connectivity index (χ0v) is 13.6. The molecule has 1 saturated carbocycles. The minimum Gasteiger partial charge on any atom is -0.467 e. The minimum atomic E-state index is -3.09. The van der Waals surface area contributed by atoms with Crippen LogP contribution in [-0.2, 0) is 16.4 Å². The molecule has 22 heavy (non-hydrogen) atoms. The zero-order valence-electron chi connectivity index (χ0n) is 12.8. The van der Waals surface area contributed by atoms with Gasteiger partial charge in [-0.05, 0) is 37.8 Å². The van der Waals surface area contributed by atoms with Gasteiger partial charge in [0.15, 0.2) is 9.84 Å². The summed E-state index contributed by atoms with van der Waals surface area (Å²) in [5, 5.41) is 2.81. The van der Waals surface area contributed by atoms with E-state index >= 15 is 0 Å². The van der Waals surface area contributed by atoms with Crippen molar-refractivity contribution < 1.29 is 17.6 Å². The monoisotopic (exact) mass is 326 g/mol. The number of urea groups is 1. The van der Waals surface area contributed by atoms with Crippen molar-refractivity contribution in [3.63, 3.8) is 0 Å². The number of sulfone groups is 1. The van der Waals surface area contributed by atoms with E-state index in [0.29, 0.717) is 19.5 Å². The van der Waals surface area contributed by atoms with Crippen molar-refractivity contribution in [2.75, 3.05) is 18.8 Å². The molecule has 7 heteroatoms. The average Bonchev–Trinajstić information content (AvgIpc) is 2.76. The van der Waals surface area contributed by atoms with Gasteiger partial charge in [-0.3, -0.25) is 0 Å². The minimum absolute atomic E-state index is 0.0696. The summed E-state index contributed by atoms with van der Waals surface area (Å²) in [7, 11) is -3.09. The van der Waals surface area contributed by atoms with Crippen LogP contribution in [0.3, 0.4) is 0 Å². The Bertz CT molecular complexity index is 661. The normalized spacial score (nSPS) is 22.9. The molecule has 1 saturated heterocycles. The van der Waals surface area contributed by atoms with E-state index in [0.717, 1.165) is 30.6 Å². The summed E-state index contributed by atoms with van der Waals surface area (Å²) in [6.45, 7) is 3.02. The summed E-state index contributed by atoms with van der Waals surface area (Å²) in [5.41, 5.74) is 0.993. The summed E-state index contributed by atoms with van der Waals surface area (Å²) in [6.07, 6.45) is 4.62. The Kier molecular flexibility index (Phi) is 3.92. The van der Waals surface area contributed by atoms with Gasteiger partial charge in [0.25, 0.3) is 0 Å². The second-order valence-electron chi connectivity index (χ2n) is 6.28. The molecule has 1 aromatic rings. The SMILES string of the molecule is Cc1ccoc1CNC(=O)N1CCC2(CCC2)S(=O)(=O)CC1. The number of rotatable bonds is 2. The first-order valence-electron chi connectivity index (χ1n) is 7.72. The number of amides is 2. The van der Waals surface area contributed by atoms with Crippen LogP contribution in [0.4, 0.5) is 4.79 Å². The maximum atomic E-state index is 12.4. The maximum Gasteiger partial charge on any atom is 0.317 e. The maximum absolute atomic E-state index is 12.4. The van der Waals surface area contributed by atoms with E-state index in [1.54, 1.807) is 11.2 Å². The van der Waals surface area contributed by atoms with Crippen LogP contribution >= 0.6 is 0 Å². The lowest BCUT2D eigenvalue weighted by atomic mass is 9.81. The number of carbonyl (C=O) groups excluding carboxylic acids is 1. The van der Waals surface area contributed by atoms with Gasteiger partial charge < -0.3 is 14.6 Å². The quantitative estimate of drug-likeness (QED) is 0.899. The van der Waals surface area contributed by atoms with Gasteiger partial charge in [0, 0.05) is 13.1 Å². The first-order valence-corrected chi connectivity index (χ1v) is 9.37. The topological polar surface area (TPSA) is 79.6 Å². The number of furan rings is 1. The van der Waals surface area contributed by atoms with Crippen molar-refractivity contribution in [3.05, 3.63) is 23.7 Å². The van der Waals surface area contributed by atoms with Crippen LogP contribution in [0.2, 0.25) is 0 Å². The van der Waals surface area contributed by atoms with E-state index in [1.165, 1.54) is 0 Å². The van der Waals surface area contributed by atoms with Crippen LogP contribution in [0.1, 0.15) is 37.0 Å². The fourth-order valence-electron chi connectivity index (χ4n) is 3.24. The molecule has 1 spiro atoms. The van der Waals surface area contributed by atoms with Crippen molar-refractivity contribution in [3.8, 4) is 0 Å². The Morgan fingerprint density at radius 1 is 1.36 bits per heavy atom. The molecule has 0 unspecified atom stereocenters. The van der Waals surface area contributed by atoms with Gasteiger partial charge in [0.1, 0.15) is 5.76 Å². The Balaban J connectivity index is 1.61. The second kappa shape index (κ2) is 5.61. The summed E-state index contributed by atoms with van der Waals surface area (Å²) >= 11 is 0. The molecule has 2 heterocycles. The highest BCUT2D eigenvalue weighted by atomic mass is 32.2. The van der Waals surface area contributed by atoms with Crippen molar-refractivity contribution in [1.82, 2.24) is 10.2 Å². The van der Waals surface area contributed by atoms with E-state index in [9.17, 15) is 13.2 Å². The largest absolute Gasteiger partial charge is 0.467 e. The molecule has 1 N–H and O–H groups in total. The third-order valence-electron chi connectivity index (χ3n) is 5.05. The van der Waals surface area contributed by atoms with Crippen LogP contribution in [0.5, 0.6) is 0 Å². The Labute approximate surface area is 130 Å². The summed E-state index contributed by atoms with van der Waals surface area (Å²) in [6, 6.07) is 1.63. The number of hydrogen-bond donors (Lipinski definition) is 1. The molecule has 2 aliphatic rings. The van der Waals surface area contributed by atoms with Crippen molar-refractivity contribution in [2.24, 2.45) is 0 Å². The zero-order chi connectivity index (χ0) is 15.8. The van der Waals surface area contributed by atoms with Gasteiger partial charge in [-0.15, -0.1) is 0 Å². The van der Waals surface area contributed by atoms with Gasteiger partial charge in [-0.2, -0.15) is 0 Å². The molecule has 2 fully saturated rings. The first-order chi connectivity index (χ1) is 10.4. The molecule has 2 amide bonds. The van der Waals surface area contributed by atoms with Gasteiger partial charge in [-0.1, -0.05) is 6.42 Å². The van der Waals surface area contributed by atoms with E-state index in [4.69, 9.17) is 4.42 Å². The predicted molar refractivity (Wildman–Crippen MR) is 82.2 cm³/mol. The fraction of sp³-hybridized carbons (Fsp3) is 0.667. The Morgan fingerprint density at radius 2 is 2.14 bits per heavy atom. The van der Waals surface area contributed by atoms with E-state index in [-0.39, 0.29) is 18.3 Å². The highest BCUT2D eigenvalue weighted by Crippen LogP contribution is 2.43. The summed E-state index contributed by atoms with van der Waals surface area (Å²) in [5.74, 6) is 0.798. The lowest BCUT2D eigenvalue weighted by molar-refractivity contribution is 0.194. The highest BCUT2D eigenvalue weighted by molar-refractivity contribution is 7.92. The van der Waals surface area contributed by atoms with Gasteiger partial charge in [0.05, 0.1) is 23.3 Å². The lowest BCUT2D eigenvalue weighted by Gasteiger charge is -2.39. The van der Waals surface area contributed by atoms with Gasteiger partial charge >= 0.3 is 6.03 Å². The first kappa shape index (κ1) is 15.4. The van der Waals surface area contributed by atoms with Crippen LogP contribution in [-0.4, -0.2) is 42.9 Å². The third-order valence-corrected chi connectivity index (χ3v) is 7.70. The molecule has 1 aromatic heterocycles. The van der Waals surface area contributed by atoms with E-state index in [2.05, 4.69) is 5.32 Å². The van der Waals surface area contributed by atoms with E-state index < -0.39 is 14.6 Å².